The predicted molar refractivity (Wildman–Crippen MR) is 87.0 cm³/mol. The summed E-state index contributed by atoms with van der Waals surface area (Å²) in [4.78, 5) is 0.0653. The standard InChI is InChI=1S/C14H23NO7S2.Li/c1-15(7-8-21-11-12-22-10-9-20-2)24(18,19)14-5-3-13(4-6-14)23(16)17;/h3-6H,7-12H2,1-2H3,(H,16,17);/q;+1/p-1. The molecule has 25 heavy (non-hydrogen) atoms. The van der Waals surface area contributed by atoms with Crippen molar-refractivity contribution in [3.05, 3.63) is 24.3 Å². The average Bonchev–Trinajstić information content (AvgIpc) is 2.57. The van der Waals surface area contributed by atoms with Crippen LogP contribution in [0.15, 0.2) is 34.1 Å². The first-order valence-electron chi connectivity index (χ1n) is 7.19. The van der Waals surface area contributed by atoms with Gasteiger partial charge in [-0.05, 0) is 35.3 Å². The van der Waals surface area contributed by atoms with E-state index in [0.717, 1.165) is 4.31 Å². The summed E-state index contributed by atoms with van der Waals surface area (Å²) in [6, 6.07) is 5.03. The van der Waals surface area contributed by atoms with Crippen LogP contribution in [-0.4, -0.2) is 75.2 Å². The van der Waals surface area contributed by atoms with Crippen LogP contribution in [0, 0.1) is 0 Å². The fourth-order valence-electron chi connectivity index (χ4n) is 1.68. The van der Waals surface area contributed by atoms with Gasteiger partial charge in [-0.3, -0.25) is 4.21 Å². The van der Waals surface area contributed by atoms with Crippen molar-refractivity contribution < 1.29 is 50.3 Å². The zero-order chi connectivity index (χ0) is 18.0. The van der Waals surface area contributed by atoms with Crippen molar-refractivity contribution in [2.75, 3.05) is 53.7 Å². The first-order valence-corrected chi connectivity index (χ1v) is 9.71. The maximum absolute atomic E-state index is 12.3. The minimum Gasteiger partial charge on any atom is -0.768 e. The van der Waals surface area contributed by atoms with Crippen molar-refractivity contribution in [2.45, 2.75) is 9.79 Å². The number of hydrogen-bond donors (Lipinski definition) is 0. The minimum absolute atomic E-state index is 0. The van der Waals surface area contributed by atoms with Crippen LogP contribution in [0.1, 0.15) is 0 Å². The second-order valence-corrected chi connectivity index (χ2v) is 7.74. The Morgan fingerprint density at radius 2 is 1.56 bits per heavy atom. The molecule has 1 atom stereocenters. The van der Waals surface area contributed by atoms with Gasteiger partial charge in [0.2, 0.25) is 10.0 Å². The third kappa shape index (κ3) is 8.77. The smallest absolute Gasteiger partial charge is 0.768 e. The van der Waals surface area contributed by atoms with Gasteiger partial charge in [0.25, 0.3) is 0 Å². The maximum Gasteiger partial charge on any atom is 1.00 e. The molecule has 0 aliphatic heterocycles. The Morgan fingerprint density at radius 1 is 1.04 bits per heavy atom. The number of methoxy groups -OCH3 is 1. The average molecular weight is 387 g/mol. The van der Waals surface area contributed by atoms with E-state index in [2.05, 4.69) is 0 Å². The summed E-state index contributed by atoms with van der Waals surface area (Å²) in [5, 5.41) is 0. The van der Waals surface area contributed by atoms with Crippen molar-refractivity contribution in [1.82, 2.24) is 4.31 Å². The second kappa shape index (κ2) is 13.0. The van der Waals surface area contributed by atoms with E-state index in [9.17, 15) is 17.2 Å². The van der Waals surface area contributed by atoms with Crippen molar-refractivity contribution in [3.63, 3.8) is 0 Å². The van der Waals surface area contributed by atoms with Gasteiger partial charge in [0.1, 0.15) is 0 Å². The van der Waals surface area contributed by atoms with Crippen LogP contribution in [0.25, 0.3) is 0 Å². The van der Waals surface area contributed by atoms with Crippen LogP contribution in [0.3, 0.4) is 0 Å². The van der Waals surface area contributed by atoms with E-state index in [1.165, 1.54) is 31.3 Å². The molecule has 8 nitrogen and oxygen atoms in total. The van der Waals surface area contributed by atoms with Gasteiger partial charge in [0.05, 0.1) is 37.9 Å². The van der Waals surface area contributed by atoms with Gasteiger partial charge in [0, 0.05) is 25.6 Å². The van der Waals surface area contributed by atoms with Crippen molar-refractivity contribution in [2.24, 2.45) is 0 Å². The molecule has 0 amide bonds. The molecule has 0 radical (unpaired) electrons. The first kappa shape index (κ1) is 24.7. The Balaban J connectivity index is 0.00000576. The fourth-order valence-corrected chi connectivity index (χ4v) is 3.19. The molecular formula is C14H22LiNO7S2. The molecule has 0 saturated carbocycles. The molecule has 0 heterocycles. The third-order valence-electron chi connectivity index (χ3n) is 3.08. The Kier molecular flexibility index (Phi) is 12.8. The molecule has 0 saturated heterocycles. The van der Waals surface area contributed by atoms with Crippen molar-refractivity contribution in [3.8, 4) is 0 Å². The zero-order valence-electron chi connectivity index (χ0n) is 14.7. The number of hydrogen-bond acceptors (Lipinski definition) is 7. The van der Waals surface area contributed by atoms with Gasteiger partial charge in [-0.25, -0.2) is 8.42 Å². The summed E-state index contributed by atoms with van der Waals surface area (Å²) >= 11 is -2.38. The molecular weight excluding hydrogens is 365 g/mol. The third-order valence-corrected chi connectivity index (χ3v) is 5.61. The summed E-state index contributed by atoms with van der Waals surface area (Å²) in [5.41, 5.74) is 0. The number of benzene rings is 1. The van der Waals surface area contributed by atoms with Gasteiger partial charge in [-0.2, -0.15) is 4.31 Å². The molecule has 0 N–H and O–H groups in total. The van der Waals surface area contributed by atoms with E-state index in [-0.39, 0.29) is 41.8 Å². The van der Waals surface area contributed by atoms with E-state index in [0.29, 0.717) is 26.4 Å². The van der Waals surface area contributed by atoms with Crippen LogP contribution >= 0.6 is 0 Å². The van der Waals surface area contributed by atoms with E-state index >= 15 is 0 Å². The second-order valence-electron chi connectivity index (χ2n) is 4.75. The zero-order valence-corrected chi connectivity index (χ0v) is 16.3. The maximum atomic E-state index is 12.3. The fraction of sp³-hybridized carbons (Fsp3) is 0.571. The van der Waals surface area contributed by atoms with Crippen LogP contribution < -0.4 is 18.9 Å². The van der Waals surface area contributed by atoms with Crippen molar-refractivity contribution in [1.29, 1.82) is 0 Å². The van der Waals surface area contributed by atoms with E-state index in [1.54, 1.807) is 7.11 Å². The molecule has 138 valence electrons. The van der Waals surface area contributed by atoms with Gasteiger partial charge in [-0.15, -0.1) is 0 Å². The quantitative estimate of drug-likeness (QED) is 0.217. The first-order chi connectivity index (χ1) is 11.4. The number of ether oxygens (including phenoxy) is 3. The van der Waals surface area contributed by atoms with Crippen molar-refractivity contribution >= 4 is 21.1 Å². The molecule has 1 aromatic rings. The molecule has 11 heteroatoms. The largest absolute Gasteiger partial charge is 1.00 e. The van der Waals surface area contributed by atoms with Crippen LogP contribution in [0.5, 0.6) is 0 Å². The van der Waals surface area contributed by atoms with E-state index in [4.69, 9.17) is 14.2 Å². The number of sulfonamides is 1. The van der Waals surface area contributed by atoms with Crippen LogP contribution in [-0.2, 0) is 35.3 Å². The molecule has 0 aromatic heterocycles. The Morgan fingerprint density at radius 3 is 2.08 bits per heavy atom. The number of likely N-dealkylation sites (N-methyl/N-ethyl adjacent to an activating group) is 1. The molecule has 0 bridgehead atoms. The number of rotatable bonds is 12. The van der Waals surface area contributed by atoms with Crippen LogP contribution in [0.2, 0.25) is 0 Å². The Hall–Kier alpha value is -0.283. The molecule has 0 spiro atoms. The summed E-state index contributed by atoms with van der Waals surface area (Å²) in [5.74, 6) is 0. The molecule has 0 fully saturated rings. The normalized spacial score (nSPS) is 12.8. The molecule has 1 unspecified atom stereocenters. The Bertz CT molecular complexity index is 610. The molecule has 0 aliphatic rings. The summed E-state index contributed by atoms with van der Waals surface area (Å²) in [7, 11) is -0.657. The number of nitrogens with zero attached hydrogens (tertiary/aromatic N) is 1. The van der Waals surface area contributed by atoms with Gasteiger partial charge in [-0.1, -0.05) is 0 Å². The summed E-state index contributed by atoms with van der Waals surface area (Å²) in [6.07, 6.45) is 0. The summed E-state index contributed by atoms with van der Waals surface area (Å²) in [6.45, 7) is 2.18. The predicted octanol–water partition coefficient (Wildman–Crippen LogP) is -2.77. The summed E-state index contributed by atoms with van der Waals surface area (Å²) < 4.78 is 62.7. The monoisotopic (exact) mass is 387 g/mol. The SMILES string of the molecule is COCCOCCOCCN(C)S(=O)(=O)c1ccc(S(=O)[O-])cc1.[Li+]. The molecule has 1 aromatic carbocycles. The van der Waals surface area contributed by atoms with Gasteiger partial charge < -0.3 is 18.8 Å². The van der Waals surface area contributed by atoms with Gasteiger partial charge >= 0.3 is 18.9 Å². The van der Waals surface area contributed by atoms with Crippen LogP contribution in [0.4, 0.5) is 0 Å². The van der Waals surface area contributed by atoms with E-state index < -0.39 is 21.1 Å². The molecule has 0 aliphatic carbocycles. The van der Waals surface area contributed by atoms with E-state index in [1.807, 2.05) is 0 Å². The van der Waals surface area contributed by atoms with Gasteiger partial charge in [0.15, 0.2) is 0 Å². The Labute approximate surface area is 163 Å². The topological polar surface area (TPSA) is 105 Å². The minimum atomic E-state index is -3.68. The molecule has 1 rings (SSSR count).